The molecule has 0 radical (unpaired) electrons. The highest BCUT2D eigenvalue weighted by Gasteiger charge is 2.25. The summed E-state index contributed by atoms with van der Waals surface area (Å²) in [5, 5.41) is 11.1. The molecule has 1 aliphatic rings. The third-order valence-electron chi connectivity index (χ3n) is 4.40. The van der Waals surface area contributed by atoms with Crippen LogP contribution in [0.5, 0.6) is 5.75 Å². The van der Waals surface area contributed by atoms with Crippen LogP contribution in [-0.4, -0.2) is 26.6 Å². The molecule has 1 aliphatic heterocycles. The van der Waals surface area contributed by atoms with E-state index >= 15 is 0 Å². The van der Waals surface area contributed by atoms with Crippen molar-refractivity contribution in [3.63, 3.8) is 0 Å². The molecule has 7 nitrogen and oxygen atoms in total. The van der Waals surface area contributed by atoms with Crippen LogP contribution in [0.1, 0.15) is 11.1 Å². The van der Waals surface area contributed by atoms with Gasteiger partial charge in [0.2, 0.25) is 0 Å². The van der Waals surface area contributed by atoms with E-state index in [1.165, 1.54) is 35.0 Å². The van der Waals surface area contributed by atoms with E-state index in [4.69, 9.17) is 4.74 Å². The fourth-order valence-electron chi connectivity index (χ4n) is 3.07. The topological polar surface area (TPSA) is 95.3 Å². The standard InChI is InChI=1S/C19H15FN4O3S2/c20-9-13-1-3-16(14(7-13)10-21)24-5-6-27-18-8-15(2-4-17(18)24)29(25,26)23-19-11-28-12-22-19/h1-4,7-8,11-12,23H,5-6,9H2. The third-order valence-corrected chi connectivity index (χ3v) is 6.34. The number of nitrogens with zero attached hydrogens (tertiary/aromatic N) is 3. The van der Waals surface area contributed by atoms with Crippen molar-refractivity contribution in [2.45, 2.75) is 11.6 Å². The lowest BCUT2D eigenvalue weighted by molar-refractivity contribution is 0.313. The molecular formula is C19H15FN4O3S2. The number of sulfonamides is 1. The van der Waals surface area contributed by atoms with Gasteiger partial charge in [0.05, 0.1) is 33.9 Å². The van der Waals surface area contributed by atoms with Crippen LogP contribution in [0, 0.1) is 11.3 Å². The van der Waals surface area contributed by atoms with Crippen LogP contribution < -0.4 is 14.4 Å². The lowest BCUT2D eigenvalue weighted by Crippen LogP contribution is -2.29. The van der Waals surface area contributed by atoms with E-state index in [0.717, 1.165) is 0 Å². The summed E-state index contributed by atoms with van der Waals surface area (Å²) in [4.78, 5) is 5.84. The second kappa shape index (κ2) is 7.69. The van der Waals surface area contributed by atoms with Crippen molar-refractivity contribution < 1.29 is 17.5 Å². The number of thiazole rings is 1. The first-order valence-corrected chi connectivity index (χ1v) is 11.0. The van der Waals surface area contributed by atoms with E-state index < -0.39 is 16.7 Å². The predicted octanol–water partition coefficient (Wildman–Crippen LogP) is 3.82. The zero-order chi connectivity index (χ0) is 20.4. The minimum Gasteiger partial charge on any atom is -0.489 e. The molecule has 29 heavy (non-hydrogen) atoms. The molecule has 10 heteroatoms. The summed E-state index contributed by atoms with van der Waals surface area (Å²) < 4.78 is 46.3. The molecule has 0 bridgehead atoms. The number of fused-ring (bicyclic) bond motifs is 1. The fourth-order valence-corrected chi connectivity index (χ4v) is 4.64. The minimum absolute atomic E-state index is 0.0411. The Balaban J connectivity index is 1.70. The first-order valence-electron chi connectivity index (χ1n) is 8.56. The van der Waals surface area contributed by atoms with Gasteiger partial charge in [-0.2, -0.15) is 5.26 Å². The highest BCUT2D eigenvalue weighted by Crippen LogP contribution is 2.39. The molecule has 1 aromatic heterocycles. The van der Waals surface area contributed by atoms with Gasteiger partial charge in [-0.05, 0) is 29.8 Å². The van der Waals surface area contributed by atoms with Gasteiger partial charge >= 0.3 is 0 Å². The molecule has 1 N–H and O–H groups in total. The number of hydrogen-bond donors (Lipinski definition) is 1. The van der Waals surface area contributed by atoms with Crippen molar-refractivity contribution in [1.82, 2.24) is 4.98 Å². The number of ether oxygens (including phenoxy) is 1. The number of alkyl halides is 1. The van der Waals surface area contributed by atoms with Crippen molar-refractivity contribution in [3.05, 3.63) is 58.4 Å². The average Bonchev–Trinajstić information content (AvgIpc) is 3.24. The zero-order valence-corrected chi connectivity index (χ0v) is 16.6. The van der Waals surface area contributed by atoms with E-state index in [1.54, 1.807) is 23.6 Å². The van der Waals surface area contributed by atoms with Gasteiger partial charge in [-0.3, -0.25) is 4.72 Å². The summed E-state index contributed by atoms with van der Waals surface area (Å²) in [6, 6.07) is 11.5. The predicted molar refractivity (Wildman–Crippen MR) is 108 cm³/mol. The molecule has 2 aromatic carbocycles. The maximum atomic E-state index is 12.9. The Bertz CT molecular complexity index is 1190. The SMILES string of the molecule is N#Cc1cc(CF)ccc1N1CCOc2cc(S(=O)(=O)Nc3cscn3)ccc21. The van der Waals surface area contributed by atoms with Crippen molar-refractivity contribution in [2.75, 3.05) is 22.8 Å². The number of rotatable bonds is 5. The van der Waals surface area contributed by atoms with Crippen LogP contribution in [0.25, 0.3) is 0 Å². The first kappa shape index (κ1) is 19.2. The van der Waals surface area contributed by atoms with Gasteiger partial charge in [0.25, 0.3) is 10.0 Å². The summed E-state index contributed by atoms with van der Waals surface area (Å²) in [7, 11) is -3.82. The summed E-state index contributed by atoms with van der Waals surface area (Å²) in [6.07, 6.45) is 0. The maximum Gasteiger partial charge on any atom is 0.263 e. The third kappa shape index (κ3) is 3.74. The Morgan fingerprint density at radius 2 is 2.10 bits per heavy atom. The van der Waals surface area contributed by atoms with Gasteiger partial charge < -0.3 is 9.64 Å². The molecule has 0 saturated heterocycles. The lowest BCUT2D eigenvalue weighted by atomic mass is 10.1. The number of nitrogens with one attached hydrogen (secondary N) is 1. The van der Waals surface area contributed by atoms with E-state index in [-0.39, 0.29) is 10.7 Å². The molecular weight excluding hydrogens is 415 g/mol. The van der Waals surface area contributed by atoms with E-state index in [1.807, 2.05) is 4.90 Å². The highest BCUT2D eigenvalue weighted by molar-refractivity contribution is 7.92. The first-order chi connectivity index (χ1) is 14.0. The smallest absolute Gasteiger partial charge is 0.263 e. The van der Waals surface area contributed by atoms with Crippen LogP contribution in [0.4, 0.5) is 21.6 Å². The van der Waals surface area contributed by atoms with Crippen molar-refractivity contribution in [2.24, 2.45) is 0 Å². The number of aromatic nitrogens is 1. The van der Waals surface area contributed by atoms with Crippen molar-refractivity contribution in [3.8, 4) is 11.8 Å². The number of anilines is 3. The van der Waals surface area contributed by atoms with E-state index in [9.17, 15) is 18.1 Å². The van der Waals surface area contributed by atoms with Gasteiger partial charge in [0, 0.05) is 11.4 Å². The molecule has 0 saturated carbocycles. The van der Waals surface area contributed by atoms with Gasteiger partial charge in [-0.1, -0.05) is 6.07 Å². The largest absolute Gasteiger partial charge is 0.489 e. The quantitative estimate of drug-likeness (QED) is 0.661. The van der Waals surface area contributed by atoms with Crippen LogP contribution >= 0.6 is 11.3 Å². The van der Waals surface area contributed by atoms with Crippen LogP contribution in [0.3, 0.4) is 0 Å². The maximum absolute atomic E-state index is 12.9. The molecule has 0 amide bonds. The second-order valence-corrected chi connectivity index (χ2v) is 8.61. The number of nitriles is 1. The summed E-state index contributed by atoms with van der Waals surface area (Å²) in [5.74, 6) is 0.637. The van der Waals surface area contributed by atoms with Gasteiger partial charge in [-0.15, -0.1) is 11.3 Å². The van der Waals surface area contributed by atoms with Crippen molar-refractivity contribution >= 4 is 38.6 Å². The Labute approximate surface area is 171 Å². The number of hydrogen-bond acceptors (Lipinski definition) is 7. The molecule has 0 aliphatic carbocycles. The second-order valence-electron chi connectivity index (χ2n) is 6.21. The Kier molecular flexibility index (Phi) is 5.08. The monoisotopic (exact) mass is 430 g/mol. The summed E-state index contributed by atoms with van der Waals surface area (Å²) in [6.45, 7) is 0.132. The summed E-state index contributed by atoms with van der Waals surface area (Å²) in [5.41, 5.74) is 3.55. The Hall–Kier alpha value is -3.16. The van der Waals surface area contributed by atoms with Crippen molar-refractivity contribution in [1.29, 1.82) is 5.26 Å². The van der Waals surface area contributed by atoms with E-state index in [0.29, 0.717) is 41.4 Å². The molecule has 148 valence electrons. The molecule has 2 heterocycles. The molecule has 0 unspecified atom stereocenters. The molecule has 0 spiro atoms. The Morgan fingerprint density at radius 3 is 2.83 bits per heavy atom. The molecule has 0 atom stereocenters. The molecule has 0 fully saturated rings. The average molecular weight is 430 g/mol. The summed E-state index contributed by atoms with van der Waals surface area (Å²) >= 11 is 1.28. The van der Waals surface area contributed by atoms with E-state index in [2.05, 4.69) is 15.8 Å². The van der Waals surface area contributed by atoms with Gasteiger partial charge in [0.15, 0.2) is 5.82 Å². The highest BCUT2D eigenvalue weighted by atomic mass is 32.2. The van der Waals surface area contributed by atoms with Crippen LogP contribution in [-0.2, 0) is 16.7 Å². The fraction of sp³-hybridized carbons (Fsp3) is 0.158. The van der Waals surface area contributed by atoms with Crippen LogP contribution in [0.2, 0.25) is 0 Å². The minimum atomic E-state index is -3.82. The zero-order valence-electron chi connectivity index (χ0n) is 15.0. The lowest BCUT2D eigenvalue weighted by Gasteiger charge is -2.32. The molecule has 4 rings (SSSR count). The Morgan fingerprint density at radius 1 is 1.28 bits per heavy atom. The van der Waals surface area contributed by atoms with Gasteiger partial charge in [-0.25, -0.2) is 17.8 Å². The molecule has 3 aromatic rings. The van der Waals surface area contributed by atoms with Gasteiger partial charge in [0.1, 0.15) is 25.1 Å². The normalized spacial score (nSPS) is 13.3. The number of halogens is 1. The van der Waals surface area contributed by atoms with Crippen LogP contribution in [0.15, 0.2) is 52.2 Å². The number of benzene rings is 2.